The van der Waals surface area contributed by atoms with Crippen LogP contribution in [0, 0.1) is 13.8 Å². The number of hydrogen-bond acceptors (Lipinski definition) is 4. The summed E-state index contributed by atoms with van der Waals surface area (Å²) >= 11 is 0. The Bertz CT molecular complexity index is 552. The number of nitrogens with zero attached hydrogens (tertiary/aromatic N) is 1. The Labute approximate surface area is 101 Å². The fraction of sp³-hybridized carbons (Fsp3) is 0.308. The normalized spacial score (nSPS) is 10.8. The summed E-state index contributed by atoms with van der Waals surface area (Å²) in [4.78, 5) is 4.61. The van der Waals surface area contributed by atoms with Crippen LogP contribution in [0.4, 0.5) is 5.69 Å². The number of nitrogens with one attached hydrogen (secondary N) is 1. The van der Waals surface area contributed by atoms with Gasteiger partial charge in [0.15, 0.2) is 0 Å². The third-order valence-electron chi connectivity index (χ3n) is 2.87. The molecule has 4 heteroatoms. The van der Waals surface area contributed by atoms with E-state index < -0.39 is 0 Å². The van der Waals surface area contributed by atoms with E-state index in [0.29, 0.717) is 6.61 Å². The van der Waals surface area contributed by atoms with E-state index in [0.717, 1.165) is 33.4 Å². The average Bonchev–Trinajstić information content (AvgIpc) is 2.33. The van der Waals surface area contributed by atoms with E-state index >= 15 is 0 Å². The van der Waals surface area contributed by atoms with Gasteiger partial charge in [-0.15, -0.1) is 0 Å². The van der Waals surface area contributed by atoms with Crippen LogP contribution in [0.1, 0.15) is 16.8 Å². The number of aromatic nitrogens is 1. The minimum absolute atomic E-state index is 0.484. The van der Waals surface area contributed by atoms with Gasteiger partial charge < -0.3 is 10.2 Å². The molecule has 0 bridgehead atoms. The fourth-order valence-electron chi connectivity index (χ4n) is 2.03. The van der Waals surface area contributed by atoms with Gasteiger partial charge in [0, 0.05) is 12.5 Å². The molecule has 2 rings (SSSR count). The van der Waals surface area contributed by atoms with E-state index in [1.54, 1.807) is 7.11 Å². The molecule has 1 aromatic heterocycles. The van der Waals surface area contributed by atoms with Crippen LogP contribution in [0.25, 0.3) is 10.9 Å². The first-order valence-electron chi connectivity index (χ1n) is 5.52. The number of hydrazine groups is 1. The molecule has 0 spiro atoms. The molecule has 4 nitrogen and oxygen atoms in total. The van der Waals surface area contributed by atoms with E-state index in [1.165, 1.54) is 0 Å². The molecule has 0 amide bonds. The summed E-state index contributed by atoms with van der Waals surface area (Å²) in [6.45, 7) is 4.59. The lowest BCUT2D eigenvalue weighted by atomic mass is 10.0. The lowest BCUT2D eigenvalue weighted by molar-refractivity contribution is 0.182. The Kier molecular flexibility index (Phi) is 3.26. The van der Waals surface area contributed by atoms with Crippen molar-refractivity contribution in [1.29, 1.82) is 0 Å². The minimum Gasteiger partial charge on any atom is -0.378 e. The molecule has 1 aromatic carbocycles. The quantitative estimate of drug-likeness (QED) is 0.628. The Morgan fingerprint density at radius 2 is 2.00 bits per heavy atom. The van der Waals surface area contributed by atoms with Crippen LogP contribution in [0.3, 0.4) is 0 Å². The summed E-state index contributed by atoms with van der Waals surface area (Å²) in [5.74, 6) is 5.58. The summed E-state index contributed by atoms with van der Waals surface area (Å²) in [5, 5.41) is 1.08. The van der Waals surface area contributed by atoms with Crippen molar-refractivity contribution in [3.63, 3.8) is 0 Å². The molecule has 0 radical (unpaired) electrons. The predicted octanol–water partition coefficient (Wildman–Crippen LogP) is 2.28. The number of aryl methyl sites for hydroxylation is 2. The lowest BCUT2D eigenvalue weighted by Crippen LogP contribution is -2.09. The topological polar surface area (TPSA) is 60.2 Å². The number of nitrogens with two attached hydrogens (primary N) is 1. The molecule has 2 aromatic rings. The van der Waals surface area contributed by atoms with Crippen LogP contribution in [-0.4, -0.2) is 12.1 Å². The molecule has 0 unspecified atom stereocenters. The molecule has 0 aliphatic carbocycles. The largest absolute Gasteiger partial charge is 0.378 e. The zero-order valence-corrected chi connectivity index (χ0v) is 10.4. The van der Waals surface area contributed by atoms with Crippen molar-refractivity contribution in [3.8, 4) is 0 Å². The minimum atomic E-state index is 0.484. The van der Waals surface area contributed by atoms with E-state index in [9.17, 15) is 0 Å². The van der Waals surface area contributed by atoms with Gasteiger partial charge in [-0.25, -0.2) is 4.98 Å². The number of fused-ring (bicyclic) bond motifs is 1. The van der Waals surface area contributed by atoms with Crippen molar-refractivity contribution >= 4 is 16.6 Å². The highest BCUT2D eigenvalue weighted by Gasteiger charge is 2.09. The molecule has 0 aliphatic rings. The maximum atomic E-state index is 5.58. The summed E-state index contributed by atoms with van der Waals surface area (Å²) in [7, 11) is 1.66. The third kappa shape index (κ3) is 2.09. The van der Waals surface area contributed by atoms with Crippen LogP contribution in [0.15, 0.2) is 18.2 Å². The first-order chi connectivity index (χ1) is 8.17. The zero-order valence-electron chi connectivity index (χ0n) is 10.4. The summed E-state index contributed by atoms with van der Waals surface area (Å²) in [6.07, 6.45) is 0. The molecule has 0 saturated heterocycles. The molecule has 90 valence electrons. The molecule has 0 saturated carbocycles. The first-order valence-corrected chi connectivity index (χ1v) is 5.52. The van der Waals surface area contributed by atoms with Gasteiger partial charge in [-0.1, -0.05) is 12.1 Å². The first kappa shape index (κ1) is 11.8. The molecular formula is C13H17N3O. The second-order valence-corrected chi connectivity index (χ2v) is 4.16. The van der Waals surface area contributed by atoms with Gasteiger partial charge in [-0.3, -0.25) is 5.84 Å². The van der Waals surface area contributed by atoms with Crippen LogP contribution < -0.4 is 11.3 Å². The van der Waals surface area contributed by atoms with Gasteiger partial charge in [0.05, 0.1) is 23.5 Å². The highest BCUT2D eigenvalue weighted by atomic mass is 16.5. The van der Waals surface area contributed by atoms with Crippen molar-refractivity contribution < 1.29 is 4.74 Å². The molecular weight excluding hydrogens is 214 g/mol. The van der Waals surface area contributed by atoms with Crippen LogP contribution >= 0.6 is 0 Å². The smallest absolute Gasteiger partial charge is 0.0885 e. The molecule has 1 heterocycles. The predicted molar refractivity (Wildman–Crippen MR) is 69.7 cm³/mol. The Hall–Kier alpha value is -1.65. The van der Waals surface area contributed by atoms with Gasteiger partial charge in [0.1, 0.15) is 0 Å². The monoisotopic (exact) mass is 231 g/mol. The second-order valence-electron chi connectivity index (χ2n) is 4.16. The SMILES string of the molecule is COCc1cc(NN)c2c(C)ccc(C)c2n1. The summed E-state index contributed by atoms with van der Waals surface area (Å²) < 4.78 is 5.12. The highest BCUT2D eigenvalue weighted by Crippen LogP contribution is 2.28. The maximum absolute atomic E-state index is 5.58. The van der Waals surface area contributed by atoms with Gasteiger partial charge in [0.25, 0.3) is 0 Å². The van der Waals surface area contributed by atoms with Gasteiger partial charge in [-0.05, 0) is 31.0 Å². The van der Waals surface area contributed by atoms with E-state index in [2.05, 4.69) is 29.5 Å². The maximum Gasteiger partial charge on any atom is 0.0885 e. The molecule has 0 atom stereocenters. The Morgan fingerprint density at radius 3 is 2.65 bits per heavy atom. The number of hydrogen-bond donors (Lipinski definition) is 2. The molecule has 0 fully saturated rings. The highest BCUT2D eigenvalue weighted by molar-refractivity contribution is 5.95. The van der Waals surface area contributed by atoms with Crippen molar-refractivity contribution in [2.24, 2.45) is 5.84 Å². The van der Waals surface area contributed by atoms with Crippen LogP contribution in [0.5, 0.6) is 0 Å². The van der Waals surface area contributed by atoms with Crippen molar-refractivity contribution in [3.05, 3.63) is 35.0 Å². The summed E-state index contributed by atoms with van der Waals surface area (Å²) in [6, 6.07) is 6.08. The lowest BCUT2D eigenvalue weighted by Gasteiger charge is -2.12. The number of benzene rings is 1. The van der Waals surface area contributed by atoms with E-state index in [4.69, 9.17) is 10.6 Å². The number of nitrogen functional groups attached to an aromatic ring is 1. The van der Waals surface area contributed by atoms with Crippen molar-refractivity contribution in [1.82, 2.24) is 4.98 Å². The van der Waals surface area contributed by atoms with Crippen LogP contribution in [-0.2, 0) is 11.3 Å². The van der Waals surface area contributed by atoms with Crippen molar-refractivity contribution in [2.45, 2.75) is 20.5 Å². The third-order valence-corrected chi connectivity index (χ3v) is 2.87. The van der Waals surface area contributed by atoms with Gasteiger partial charge in [0.2, 0.25) is 0 Å². The van der Waals surface area contributed by atoms with E-state index in [-0.39, 0.29) is 0 Å². The molecule has 0 aliphatic heterocycles. The Morgan fingerprint density at radius 1 is 1.29 bits per heavy atom. The van der Waals surface area contributed by atoms with Gasteiger partial charge in [-0.2, -0.15) is 0 Å². The fourth-order valence-corrected chi connectivity index (χ4v) is 2.03. The van der Waals surface area contributed by atoms with Gasteiger partial charge >= 0.3 is 0 Å². The number of rotatable bonds is 3. The molecule has 17 heavy (non-hydrogen) atoms. The zero-order chi connectivity index (χ0) is 12.4. The van der Waals surface area contributed by atoms with Crippen molar-refractivity contribution in [2.75, 3.05) is 12.5 Å². The standard InChI is InChI=1S/C13H17N3O/c1-8-4-5-9(2)13-12(8)11(16-14)6-10(15-13)7-17-3/h4-6H,7,14H2,1-3H3,(H,15,16). The number of pyridine rings is 1. The summed E-state index contributed by atoms with van der Waals surface area (Å²) in [5.41, 5.74) is 7.79. The number of anilines is 1. The number of methoxy groups -OCH3 is 1. The number of ether oxygens (including phenoxy) is 1. The van der Waals surface area contributed by atoms with Crippen LogP contribution in [0.2, 0.25) is 0 Å². The second kappa shape index (κ2) is 4.69. The van der Waals surface area contributed by atoms with E-state index in [1.807, 2.05) is 13.0 Å². The molecule has 3 N–H and O–H groups in total. The average molecular weight is 231 g/mol. The Balaban J connectivity index is 2.77.